The minimum Gasteiger partial charge on any atom is -0.385 e. The summed E-state index contributed by atoms with van der Waals surface area (Å²) < 4.78 is 27.8. The van der Waals surface area contributed by atoms with Crippen molar-refractivity contribution in [3.8, 4) is 0 Å². The van der Waals surface area contributed by atoms with Gasteiger partial charge in [0.05, 0.1) is 5.71 Å². The van der Waals surface area contributed by atoms with Crippen LogP contribution in [0.5, 0.6) is 0 Å². The molecule has 0 spiro atoms. The average Bonchev–Trinajstić information content (AvgIpc) is 3.09. The summed E-state index contributed by atoms with van der Waals surface area (Å²) in [5.41, 5.74) is 8.91. The smallest absolute Gasteiger partial charge is 0.264 e. The zero-order chi connectivity index (χ0) is 24.9. The van der Waals surface area contributed by atoms with Crippen LogP contribution >= 0.6 is 0 Å². The van der Waals surface area contributed by atoms with Gasteiger partial charge in [0.15, 0.2) is 5.84 Å². The molecule has 33 heavy (non-hydrogen) atoms. The molecule has 0 bridgehead atoms. The number of benzene rings is 1. The molecule has 0 unspecified atom stereocenters. The van der Waals surface area contributed by atoms with Crippen LogP contribution in [0.1, 0.15) is 72.1 Å². The Hall–Kier alpha value is -2.76. The van der Waals surface area contributed by atoms with Crippen molar-refractivity contribution >= 4 is 22.8 Å². The van der Waals surface area contributed by atoms with Gasteiger partial charge in [-0.25, -0.2) is 13.8 Å². The van der Waals surface area contributed by atoms with Crippen LogP contribution in [0.4, 0.5) is 8.78 Å². The maximum atomic E-state index is 13.9. The lowest BCUT2D eigenvalue weighted by molar-refractivity contribution is 0.00268. The van der Waals surface area contributed by atoms with Crippen LogP contribution in [0.2, 0.25) is 0 Å². The van der Waals surface area contributed by atoms with E-state index in [9.17, 15) is 8.78 Å². The van der Waals surface area contributed by atoms with Crippen molar-refractivity contribution < 1.29 is 8.78 Å². The first kappa shape index (κ1) is 26.5. The van der Waals surface area contributed by atoms with Gasteiger partial charge >= 0.3 is 0 Å². The van der Waals surface area contributed by atoms with Crippen LogP contribution < -0.4 is 5.32 Å². The fraction of sp³-hybridized carbons (Fsp3) is 0.481. The van der Waals surface area contributed by atoms with E-state index in [-0.39, 0.29) is 0 Å². The third-order valence-electron chi connectivity index (χ3n) is 5.71. The molecule has 0 saturated carbocycles. The van der Waals surface area contributed by atoms with E-state index in [2.05, 4.69) is 54.0 Å². The zero-order valence-electron chi connectivity index (χ0n) is 21.4. The Kier molecular flexibility index (Phi) is 8.76. The van der Waals surface area contributed by atoms with Gasteiger partial charge in [-0.15, -0.1) is 0 Å². The summed E-state index contributed by atoms with van der Waals surface area (Å²) in [4.78, 5) is 4.54. The van der Waals surface area contributed by atoms with Crippen LogP contribution in [0.25, 0.3) is 11.3 Å². The summed E-state index contributed by atoms with van der Waals surface area (Å²) in [5.74, 6) is -2.36. The van der Waals surface area contributed by atoms with E-state index in [0.717, 1.165) is 59.0 Å². The first-order valence-electron chi connectivity index (χ1n) is 11.7. The van der Waals surface area contributed by atoms with Crippen molar-refractivity contribution in [1.82, 2.24) is 10.3 Å². The molecular formula is C27H38F2N4. The lowest BCUT2D eigenvalue weighted by atomic mass is 9.89. The van der Waals surface area contributed by atoms with Gasteiger partial charge < -0.3 is 5.32 Å². The monoisotopic (exact) mass is 456 g/mol. The van der Waals surface area contributed by atoms with Gasteiger partial charge in [-0.2, -0.15) is 5.10 Å². The number of alkyl halides is 2. The van der Waals surface area contributed by atoms with E-state index in [1.54, 1.807) is 0 Å². The molecule has 1 heterocycles. The van der Waals surface area contributed by atoms with Crippen LogP contribution in [-0.2, 0) is 6.42 Å². The predicted molar refractivity (Wildman–Crippen MR) is 138 cm³/mol. The zero-order valence-corrected chi connectivity index (χ0v) is 21.4. The molecule has 2 rings (SSSR count). The molecule has 4 nitrogen and oxygen atoms in total. The highest BCUT2D eigenvalue weighted by molar-refractivity contribution is 6.34. The van der Waals surface area contributed by atoms with Crippen molar-refractivity contribution in [3.05, 3.63) is 58.2 Å². The van der Waals surface area contributed by atoms with Gasteiger partial charge in [0.2, 0.25) is 0 Å². The highest BCUT2D eigenvalue weighted by atomic mass is 19.3. The molecule has 180 valence electrons. The molecule has 1 aromatic rings. The summed E-state index contributed by atoms with van der Waals surface area (Å²) in [6.45, 7) is 20.0. The second kappa shape index (κ2) is 10.9. The number of allylic oxidation sites excluding steroid dienone is 3. The van der Waals surface area contributed by atoms with E-state index in [1.165, 1.54) is 10.6 Å². The number of aryl methyl sites for hydroxylation is 1. The van der Waals surface area contributed by atoms with E-state index < -0.39 is 12.5 Å². The second-order valence-electron chi connectivity index (χ2n) is 8.73. The van der Waals surface area contributed by atoms with Crippen molar-refractivity contribution in [2.24, 2.45) is 10.1 Å². The standard InChI is InChI=1S/C27H38F2N4/c1-10-21-15-22(20(8)30-11-2)13-14-23(21)18(6)19(7)25-24(17(4)5)26(31-12-3)33(32-25)16-27(9,28)29/h13-15,30H,8,10-12,16H2,1-7,9H3/b19-18+,31-26+. The van der Waals surface area contributed by atoms with Gasteiger partial charge in [-0.05, 0) is 81.9 Å². The quantitative estimate of drug-likeness (QED) is 0.449. The molecule has 0 saturated heterocycles. The summed E-state index contributed by atoms with van der Waals surface area (Å²) in [5, 5.41) is 9.29. The minimum atomic E-state index is -2.88. The Morgan fingerprint density at radius 1 is 1.12 bits per heavy atom. The minimum absolute atomic E-state index is 0.500. The number of rotatable bonds is 9. The van der Waals surface area contributed by atoms with Gasteiger partial charge in [0.1, 0.15) is 6.54 Å². The molecule has 6 heteroatoms. The normalized spacial score (nSPS) is 16.2. The molecule has 1 aromatic carbocycles. The number of aliphatic imine (C=N–C) groups is 1. The number of nitrogens with one attached hydrogen (secondary N) is 1. The number of halogens is 2. The Bertz CT molecular complexity index is 1020. The lowest BCUT2D eigenvalue weighted by Gasteiger charge is -2.20. The van der Waals surface area contributed by atoms with E-state index in [1.807, 2.05) is 34.6 Å². The average molecular weight is 457 g/mol. The third kappa shape index (κ3) is 6.18. The maximum Gasteiger partial charge on any atom is 0.264 e. The summed E-state index contributed by atoms with van der Waals surface area (Å²) in [6.07, 6.45) is 0.867. The van der Waals surface area contributed by atoms with Gasteiger partial charge in [0.25, 0.3) is 5.92 Å². The van der Waals surface area contributed by atoms with Crippen LogP contribution in [0.3, 0.4) is 0 Å². The first-order chi connectivity index (χ1) is 15.4. The third-order valence-corrected chi connectivity index (χ3v) is 5.71. The molecule has 0 radical (unpaired) electrons. The lowest BCUT2D eigenvalue weighted by Crippen LogP contribution is -2.34. The fourth-order valence-electron chi connectivity index (χ4n) is 3.99. The Morgan fingerprint density at radius 3 is 2.30 bits per heavy atom. The van der Waals surface area contributed by atoms with E-state index in [4.69, 9.17) is 0 Å². The Labute approximate surface area is 197 Å². The number of hydrazone groups is 1. The summed E-state index contributed by atoms with van der Waals surface area (Å²) in [7, 11) is 0. The molecule has 0 aliphatic carbocycles. The fourth-order valence-corrected chi connectivity index (χ4v) is 3.99. The molecular weight excluding hydrogens is 418 g/mol. The summed E-state index contributed by atoms with van der Waals surface area (Å²) >= 11 is 0. The van der Waals surface area contributed by atoms with Crippen molar-refractivity contribution in [3.63, 3.8) is 0 Å². The second-order valence-corrected chi connectivity index (χ2v) is 8.73. The Morgan fingerprint density at radius 2 is 1.79 bits per heavy atom. The van der Waals surface area contributed by atoms with Crippen LogP contribution in [0.15, 0.2) is 51.6 Å². The van der Waals surface area contributed by atoms with Gasteiger partial charge in [-0.1, -0.05) is 31.2 Å². The SMILES string of the molecule is C=C(NCC)c1ccc(/C(C)=C(\C)C2=NN(CC(C)(F)F)/C(=N/CC)C2=C(C)C)c(CC)c1. The predicted octanol–water partition coefficient (Wildman–Crippen LogP) is 6.70. The number of amidine groups is 1. The molecule has 1 aliphatic heterocycles. The molecule has 0 fully saturated rings. The van der Waals surface area contributed by atoms with Crippen molar-refractivity contribution in [2.45, 2.75) is 67.7 Å². The summed E-state index contributed by atoms with van der Waals surface area (Å²) in [6, 6.07) is 6.36. The molecule has 1 N–H and O–H groups in total. The molecule has 1 aliphatic rings. The maximum absolute atomic E-state index is 13.9. The highest BCUT2D eigenvalue weighted by Gasteiger charge is 2.35. The van der Waals surface area contributed by atoms with Crippen molar-refractivity contribution in [1.29, 1.82) is 0 Å². The van der Waals surface area contributed by atoms with Crippen molar-refractivity contribution in [2.75, 3.05) is 19.6 Å². The number of hydrogen-bond donors (Lipinski definition) is 1. The number of nitrogens with zero attached hydrogens (tertiary/aromatic N) is 3. The van der Waals surface area contributed by atoms with E-state index >= 15 is 0 Å². The molecule has 0 amide bonds. The van der Waals surface area contributed by atoms with E-state index in [0.29, 0.717) is 18.1 Å². The Balaban J connectivity index is 2.62. The topological polar surface area (TPSA) is 40.0 Å². The first-order valence-corrected chi connectivity index (χ1v) is 11.7. The van der Waals surface area contributed by atoms with Crippen LogP contribution in [0, 0.1) is 0 Å². The molecule has 0 aromatic heterocycles. The van der Waals surface area contributed by atoms with Crippen LogP contribution in [-0.4, -0.2) is 42.1 Å². The largest absolute Gasteiger partial charge is 0.385 e. The molecule has 0 atom stereocenters. The van der Waals surface area contributed by atoms with Gasteiger partial charge in [-0.3, -0.25) is 4.99 Å². The number of hydrogen-bond acceptors (Lipinski definition) is 3. The highest BCUT2D eigenvalue weighted by Crippen LogP contribution is 2.32. The van der Waals surface area contributed by atoms with Gasteiger partial charge in [0, 0.05) is 31.3 Å².